The summed E-state index contributed by atoms with van der Waals surface area (Å²) >= 11 is 0. The van der Waals surface area contributed by atoms with Gasteiger partial charge in [-0.3, -0.25) is 0 Å². The number of hydrogen-bond donors (Lipinski definition) is 1. The van der Waals surface area contributed by atoms with Crippen molar-refractivity contribution in [2.45, 2.75) is 27.2 Å². The highest BCUT2D eigenvalue weighted by atomic mass is 31.0. The second-order valence-electron chi connectivity index (χ2n) is 2.74. The van der Waals surface area contributed by atoms with Crippen molar-refractivity contribution in [3.8, 4) is 0 Å². The van der Waals surface area contributed by atoms with Crippen molar-refractivity contribution in [1.29, 1.82) is 0 Å². The molecule has 1 atom stereocenters. The zero-order valence-corrected chi connectivity index (χ0v) is 7.76. The van der Waals surface area contributed by atoms with E-state index in [1.807, 2.05) is 20.8 Å². The normalized spacial score (nSPS) is 11.2. The molecule has 0 radical (unpaired) electrons. The zero-order chi connectivity index (χ0) is 8.20. The standard InChI is InChI=1S/C6H14NO2P/c1-4-6(2,3)5(8)9-7-10/h7H,4,10H2,1-3H3. The fourth-order valence-corrected chi connectivity index (χ4v) is 0.443. The van der Waals surface area contributed by atoms with Crippen LogP contribution in [0.3, 0.4) is 0 Å². The van der Waals surface area contributed by atoms with Crippen molar-refractivity contribution in [2.75, 3.05) is 0 Å². The van der Waals surface area contributed by atoms with Crippen molar-refractivity contribution in [2.24, 2.45) is 5.41 Å². The van der Waals surface area contributed by atoms with Gasteiger partial charge in [-0.05, 0) is 29.7 Å². The van der Waals surface area contributed by atoms with E-state index >= 15 is 0 Å². The number of carbonyl (C=O) groups excluding carboxylic acids is 1. The molecular formula is C6H14NO2P. The Balaban J connectivity index is 3.91. The lowest BCUT2D eigenvalue weighted by atomic mass is 9.91. The summed E-state index contributed by atoms with van der Waals surface area (Å²) in [6.45, 7) is 5.64. The van der Waals surface area contributed by atoms with Gasteiger partial charge >= 0.3 is 5.97 Å². The third kappa shape index (κ3) is 2.63. The van der Waals surface area contributed by atoms with Gasteiger partial charge in [-0.15, -0.1) is 5.25 Å². The Bertz CT molecular complexity index is 125. The van der Waals surface area contributed by atoms with Crippen LogP contribution in [0.5, 0.6) is 0 Å². The number of hydrogen-bond acceptors (Lipinski definition) is 3. The Morgan fingerprint density at radius 3 is 2.50 bits per heavy atom. The van der Waals surface area contributed by atoms with Crippen LogP contribution in [0.1, 0.15) is 27.2 Å². The lowest BCUT2D eigenvalue weighted by molar-refractivity contribution is -0.157. The Kier molecular flexibility index (Phi) is 3.84. The van der Waals surface area contributed by atoms with Crippen LogP contribution in [0.25, 0.3) is 0 Å². The molecule has 60 valence electrons. The maximum absolute atomic E-state index is 11.0. The van der Waals surface area contributed by atoms with Gasteiger partial charge in [0, 0.05) is 0 Å². The quantitative estimate of drug-likeness (QED) is 0.502. The van der Waals surface area contributed by atoms with Crippen LogP contribution in [0.4, 0.5) is 0 Å². The van der Waals surface area contributed by atoms with E-state index in [1.54, 1.807) is 0 Å². The van der Waals surface area contributed by atoms with Crippen molar-refractivity contribution >= 4 is 15.4 Å². The summed E-state index contributed by atoms with van der Waals surface area (Å²) in [5.41, 5.74) is -0.385. The second-order valence-corrected chi connectivity index (χ2v) is 2.98. The second kappa shape index (κ2) is 3.89. The van der Waals surface area contributed by atoms with Gasteiger partial charge in [0.2, 0.25) is 0 Å². The molecule has 0 aromatic heterocycles. The molecule has 0 spiro atoms. The molecule has 1 unspecified atom stereocenters. The lowest BCUT2D eigenvalue weighted by Gasteiger charge is -2.18. The van der Waals surface area contributed by atoms with E-state index in [4.69, 9.17) is 0 Å². The largest absolute Gasteiger partial charge is 0.367 e. The van der Waals surface area contributed by atoms with E-state index in [0.29, 0.717) is 0 Å². The van der Waals surface area contributed by atoms with Crippen LogP contribution in [0, 0.1) is 5.41 Å². The molecule has 0 aromatic rings. The van der Waals surface area contributed by atoms with Gasteiger partial charge in [0.05, 0.1) is 5.41 Å². The SMILES string of the molecule is CCC(C)(C)C(=O)ONP. The van der Waals surface area contributed by atoms with Gasteiger partial charge in [-0.25, -0.2) is 4.79 Å². The lowest BCUT2D eigenvalue weighted by Crippen LogP contribution is -2.27. The summed E-state index contributed by atoms with van der Waals surface area (Å²) in [6, 6.07) is 0. The van der Waals surface area contributed by atoms with Crippen LogP contribution in [0.15, 0.2) is 0 Å². The highest BCUT2D eigenvalue weighted by molar-refractivity contribution is 7.13. The Hall–Kier alpha value is -0.140. The van der Waals surface area contributed by atoms with Crippen LogP contribution in [-0.2, 0) is 9.63 Å². The number of nitrogens with one attached hydrogen (secondary N) is 1. The molecule has 0 aromatic carbocycles. The number of carbonyl (C=O) groups is 1. The average molecular weight is 163 g/mol. The zero-order valence-electron chi connectivity index (χ0n) is 6.60. The van der Waals surface area contributed by atoms with E-state index in [9.17, 15) is 4.79 Å². The van der Waals surface area contributed by atoms with Crippen LogP contribution >= 0.6 is 9.39 Å². The van der Waals surface area contributed by atoms with Crippen molar-refractivity contribution < 1.29 is 9.63 Å². The van der Waals surface area contributed by atoms with Gasteiger partial charge < -0.3 is 4.84 Å². The highest BCUT2D eigenvalue weighted by Gasteiger charge is 2.26. The molecule has 0 bridgehead atoms. The molecule has 0 amide bonds. The van der Waals surface area contributed by atoms with Gasteiger partial charge in [0.15, 0.2) is 0 Å². The van der Waals surface area contributed by atoms with E-state index in [0.717, 1.165) is 6.42 Å². The molecule has 4 heteroatoms. The third-order valence-electron chi connectivity index (χ3n) is 1.59. The molecule has 1 N–H and O–H groups in total. The summed E-state index contributed by atoms with van der Waals surface area (Å²) in [5.74, 6) is -0.231. The van der Waals surface area contributed by atoms with E-state index in [2.05, 4.69) is 19.5 Å². The summed E-state index contributed by atoms with van der Waals surface area (Å²) < 4.78 is 0. The summed E-state index contributed by atoms with van der Waals surface area (Å²) in [6.07, 6.45) is 0.776. The van der Waals surface area contributed by atoms with Gasteiger partial charge in [-0.1, -0.05) is 6.92 Å². The fraction of sp³-hybridized carbons (Fsp3) is 0.833. The van der Waals surface area contributed by atoms with Crippen LogP contribution in [0.2, 0.25) is 0 Å². The van der Waals surface area contributed by atoms with Crippen LogP contribution in [-0.4, -0.2) is 5.97 Å². The predicted octanol–water partition coefficient (Wildman–Crippen LogP) is 1.26. The maximum Gasteiger partial charge on any atom is 0.330 e. The van der Waals surface area contributed by atoms with Crippen molar-refractivity contribution in [3.63, 3.8) is 0 Å². The molecule has 0 saturated heterocycles. The maximum atomic E-state index is 11.0. The first kappa shape index (κ1) is 9.86. The Morgan fingerprint density at radius 1 is 1.70 bits per heavy atom. The molecule has 10 heavy (non-hydrogen) atoms. The average Bonchev–Trinajstić information content (AvgIpc) is 1.89. The van der Waals surface area contributed by atoms with Crippen LogP contribution < -0.4 is 5.25 Å². The number of rotatable bonds is 3. The molecule has 0 aliphatic heterocycles. The summed E-state index contributed by atoms with van der Waals surface area (Å²) in [5, 5.41) is 2.28. The third-order valence-corrected chi connectivity index (χ3v) is 1.71. The Morgan fingerprint density at radius 2 is 2.20 bits per heavy atom. The first-order chi connectivity index (χ1) is 4.54. The van der Waals surface area contributed by atoms with Crippen molar-refractivity contribution in [1.82, 2.24) is 5.25 Å². The summed E-state index contributed by atoms with van der Waals surface area (Å²) in [4.78, 5) is 15.6. The molecule has 0 aliphatic carbocycles. The molecule has 0 rings (SSSR count). The molecule has 3 nitrogen and oxygen atoms in total. The first-order valence-electron chi connectivity index (χ1n) is 3.21. The summed E-state index contributed by atoms with van der Waals surface area (Å²) in [7, 11) is 2.11. The predicted molar refractivity (Wildman–Crippen MR) is 43.0 cm³/mol. The monoisotopic (exact) mass is 163 g/mol. The molecule has 0 saturated carbocycles. The van der Waals surface area contributed by atoms with E-state index in [1.165, 1.54) is 0 Å². The fourth-order valence-electron chi connectivity index (χ4n) is 0.336. The minimum atomic E-state index is -0.385. The molecule has 0 aliphatic rings. The van der Waals surface area contributed by atoms with Gasteiger partial charge in [-0.2, -0.15) is 0 Å². The first-order valence-corrected chi connectivity index (χ1v) is 3.79. The van der Waals surface area contributed by atoms with Crippen molar-refractivity contribution in [3.05, 3.63) is 0 Å². The minimum absolute atomic E-state index is 0.231. The Labute approximate surface area is 63.7 Å². The molecular weight excluding hydrogens is 149 g/mol. The minimum Gasteiger partial charge on any atom is -0.367 e. The smallest absolute Gasteiger partial charge is 0.330 e. The van der Waals surface area contributed by atoms with E-state index in [-0.39, 0.29) is 11.4 Å². The van der Waals surface area contributed by atoms with Gasteiger partial charge in [0.25, 0.3) is 0 Å². The van der Waals surface area contributed by atoms with Gasteiger partial charge in [0.1, 0.15) is 0 Å². The molecule has 0 fully saturated rings. The topological polar surface area (TPSA) is 38.3 Å². The van der Waals surface area contributed by atoms with E-state index < -0.39 is 0 Å². The molecule has 0 heterocycles. The highest BCUT2D eigenvalue weighted by Crippen LogP contribution is 2.20.